The Morgan fingerprint density at radius 3 is 2.82 bits per heavy atom. The van der Waals surface area contributed by atoms with Crippen LogP contribution in [0.15, 0.2) is 30.5 Å². The molecule has 118 valence electrons. The van der Waals surface area contributed by atoms with E-state index in [1.54, 1.807) is 6.20 Å². The third-order valence-electron chi connectivity index (χ3n) is 3.78. The van der Waals surface area contributed by atoms with Crippen molar-refractivity contribution in [1.82, 2.24) is 14.9 Å². The maximum absolute atomic E-state index is 12.3. The SMILES string of the molecule is Cc1cc(C(=O)NCCCCN)c(C)n1Cc1ccccn1. The lowest BCUT2D eigenvalue weighted by molar-refractivity contribution is 0.0952. The van der Waals surface area contributed by atoms with Crippen molar-refractivity contribution in [3.63, 3.8) is 0 Å². The first-order chi connectivity index (χ1) is 10.6. The van der Waals surface area contributed by atoms with Gasteiger partial charge in [0, 0.05) is 24.1 Å². The molecule has 2 aromatic heterocycles. The van der Waals surface area contributed by atoms with Crippen LogP contribution in [0, 0.1) is 13.8 Å². The first-order valence-corrected chi connectivity index (χ1v) is 7.68. The van der Waals surface area contributed by atoms with Gasteiger partial charge in [-0.3, -0.25) is 9.78 Å². The third kappa shape index (κ3) is 3.95. The number of carbonyl (C=O) groups is 1. The molecule has 0 radical (unpaired) electrons. The summed E-state index contributed by atoms with van der Waals surface area (Å²) in [5, 5.41) is 2.96. The Morgan fingerprint density at radius 1 is 1.32 bits per heavy atom. The lowest BCUT2D eigenvalue weighted by Gasteiger charge is -2.09. The minimum Gasteiger partial charge on any atom is -0.352 e. The summed E-state index contributed by atoms with van der Waals surface area (Å²) >= 11 is 0. The van der Waals surface area contributed by atoms with Crippen molar-refractivity contribution in [3.8, 4) is 0 Å². The monoisotopic (exact) mass is 300 g/mol. The fourth-order valence-electron chi connectivity index (χ4n) is 2.49. The highest BCUT2D eigenvalue weighted by atomic mass is 16.1. The van der Waals surface area contributed by atoms with Crippen molar-refractivity contribution in [1.29, 1.82) is 0 Å². The van der Waals surface area contributed by atoms with Crippen LogP contribution in [0.2, 0.25) is 0 Å². The van der Waals surface area contributed by atoms with Crippen molar-refractivity contribution < 1.29 is 4.79 Å². The number of amides is 1. The topological polar surface area (TPSA) is 72.9 Å². The Balaban J connectivity index is 2.08. The number of hydrogen-bond donors (Lipinski definition) is 2. The van der Waals surface area contributed by atoms with E-state index in [0.29, 0.717) is 19.6 Å². The third-order valence-corrected chi connectivity index (χ3v) is 3.78. The molecule has 0 aliphatic carbocycles. The van der Waals surface area contributed by atoms with Gasteiger partial charge in [0.05, 0.1) is 17.8 Å². The second-order valence-corrected chi connectivity index (χ2v) is 5.44. The average Bonchev–Trinajstić information content (AvgIpc) is 2.81. The largest absolute Gasteiger partial charge is 0.352 e. The Kier molecular flexibility index (Phi) is 5.72. The molecule has 2 heterocycles. The van der Waals surface area contributed by atoms with Gasteiger partial charge in [0.25, 0.3) is 5.91 Å². The zero-order valence-corrected chi connectivity index (χ0v) is 13.3. The molecule has 2 rings (SSSR count). The van der Waals surface area contributed by atoms with Gasteiger partial charge in [0.15, 0.2) is 0 Å². The van der Waals surface area contributed by atoms with Crippen LogP contribution >= 0.6 is 0 Å². The molecule has 5 heteroatoms. The summed E-state index contributed by atoms with van der Waals surface area (Å²) in [6.45, 7) is 6.00. The summed E-state index contributed by atoms with van der Waals surface area (Å²) in [5.74, 6) is -0.0163. The van der Waals surface area contributed by atoms with Gasteiger partial charge in [-0.1, -0.05) is 6.07 Å². The molecular formula is C17H24N4O. The first-order valence-electron chi connectivity index (χ1n) is 7.68. The summed E-state index contributed by atoms with van der Waals surface area (Å²) in [4.78, 5) is 16.6. The van der Waals surface area contributed by atoms with E-state index in [-0.39, 0.29) is 5.91 Å². The highest BCUT2D eigenvalue weighted by Crippen LogP contribution is 2.16. The molecule has 0 fully saturated rings. The van der Waals surface area contributed by atoms with Crippen LogP contribution in [0.5, 0.6) is 0 Å². The molecule has 0 aliphatic rings. The molecule has 0 saturated carbocycles. The lowest BCUT2D eigenvalue weighted by Crippen LogP contribution is -2.25. The predicted molar refractivity (Wildman–Crippen MR) is 87.9 cm³/mol. The van der Waals surface area contributed by atoms with Crippen LogP contribution in [0.4, 0.5) is 0 Å². The second kappa shape index (κ2) is 7.75. The smallest absolute Gasteiger partial charge is 0.253 e. The van der Waals surface area contributed by atoms with E-state index in [4.69, 9.17) is 5.73 Å². The molecule has 22 heavy (non-hydrogen) atoms. The van der Waals surface area contributed by atoms with Crippen LogP contribution in [0.3, 0.4) is 0 Å². The summed E-state index contributed by atoms with van der Waals surface area (Å²) in [5.41, 5.74) is 9.21. The Bertz CT molecular complexity index is 619. The summed E-state index contributed by atoms with van der Waals surface area (Å²) in [6, 6.07) is 7.81. The summed E-state index contributed by atoms with van der Waals surface area (Å²) < 4.78 is 2.12. The lowest BCUT2D eigenvalue weighted by atomic mass is 10.2. The number of pyridine rings is 1. The zero-order chi connectivity index (χ0) is 15.9. The number of aromatic nitrogens is 2. The Morgan fingerprint density at radius 2 is 2.14 bits per heavy atom. The van der Waals surface area contributed by atoms with Gasteiger partial charge in [-0.25, -0.2) is 0 Å². The fourth-order valence-corrected chi connectivity index (χ4v) is 2.49. The average molecular weight is 300 g/mol. The van der Waals surface area contributed by atoms with E-state index in [1.165, 1.54) is 0 Å². The van der Waals surface area contributed by atoms with Crippen LogP contribution in [-0.4, -0.2) is 28.5 Å². The van der Waals surface area contributed by atoms with Gasteiger partial charge in [0.2, 0.25) is 0 Å². The quantitative estimate of drug-likeness (QED) is 0.768. The molecular weight excluding hydrogens is 276 g/mol. The molecule has 3 N–H and O–H groups in total. The molecule has 1 amide bonds. The van der Waals surface area contributed by atoms with Crippen LogP contribution in [0.25, 0.3) is 0 Å². The predicted octanol–water partition coefficient (Wildman–Crippen LogP) is 2.02. The van der Waals surface area contributed by atoms with Gasteiger partial charge in [-0.15, -0.1) is 0 Å². The van der Waals surface area contributed by atoms with Gasteiger partial charge >= 0.3 is 0 Å². The van der Waals surface area contributed by atoms with Crippen LogP contribution < -0.4 is 11.1 Å². The molecule has 0 spiro atoms. The highest BCUT2D eigenvalue weighted by Gasteiger charge is 2.15. The number of nitrogens with one attached hydrogen (secondary N) is 1. The van der Waals surface area contributed by atoms with Crippen molar-refractivity contribution >= 4 is 5.91 Å². The highest BCUT2D eigenvalue weighted by molar-refractivity contribution is 5.95. The van der Waals surface area contributed by atoms with Crippen molar-refractivity contribution in [2.75, 3.05) is 13.1 Å². The number of nitrogens with two attached hydrogens (primary N) is 1. The minimum atomic E-state index is -0.0163. The van der Waals surface area contributed by atoms with E-state index < -0.39 is 0 Å². The number of nitrogens with zero attached hydrogens (tertiary/aromatic N) is 2. The zero-order valence-electron chi connectivity index (χ0n) is 13.3. The summed E-state index contributed by atoms with van der Waals surface area (Å²) in [7, 11) is 0. The maximum atomic E-state index is 12.3. The second-order valence-electron chi connectivity index (χ2n) is 5.44. The number of aryl methyl sites for hydroxylation is 1. The number of unbranched alkanes of at least 4 members (excludes halogenated alkanes) is 1. The van der Waals surface area contributed by atoms with Gasteiger partial charge in [-0.05, 0) is 51.4 Å². The number of rotatable bonds is 7. The van der Waals surface area contributed by atoms with Gasteiger partial charge in [0.1, 0.15) is 0 Å². The van der Waals surface area contributed by atoms with E-state index >= 15 is 0 Å². The molecule has 0 aromatic carbocycles. The van der Waals surface area contributed by atoms with E-state index in [0.717, 1.165) is 35.5 Å². The van der Waals surface area contributed by atoms with Crippen LogP contribution in [0.1, 0.15) is 40.3 Å². The summed E-state index contributed by atoms with van der Waals surface area (Å²) in [6.07, 6.45) is 3.63. The Hall–Kier alpha value is -2.14. The Labute approximate surface area is 131 Å². The van der Waals surface area contributed by atoms with Crippen molar-refractivity contribution in [2.45, 2.75) is 33.2 Å². The first kappa shape index (κ1) is 16.2. The molecule has 2 aromatic rings. The van der Waals surface area contributed by atoms with E-state index in [9.17, 15) is 4.79 Å². The number of hydrogen-bond acceptors (Lipinski definition) is 3. The molecule has 0 atom stereocenters. The number of carbonyl (C=O) groups excluding carboxylic acids is 1. The fraction of sp³-hybridized carbons (Fsp3) is 0.412. The van der Waals surface area contributed by atoms with Gasteiger partial charge < -0.3 is 15.6 Å². The van der Waals surface area contributed by atoms with E-state index in [1.807, 2.05) is 38.1 Å². The van der Waals surface area contributed by atoms with Crippen molar-refractivity contribution in [3.05, 3.63) is 53.1 Å². The maximum Gasteiger partial charge on any atom is 0.253 e. The van der Waals surface area contributed by atoms with Gasteiger partial charge in [-0.2, -0.15) is 0 Å². The molecule has 0 aliphatic heterocycles. The van der Waals surface area contributed by atoms with E-state index in [2.05, 4.69) is 14.9 Å². The minimum absolute atomic E-state index is 0.0163. The standard InChI is InChI=1S/C17H24N4O/c1-13-11-16(17(22)20-10-6-4-8-18)14(2)21(13)12-15-7-3-5-9-19-15/h3,5,7,9,11H,4,6,8,10,12,18H2,1-2H3,(H,20,22). The molecule has 0 bridgehead atoms. The normalized spacial score (nSPS) is 10.7. The molecule has 0 saturated heterocycles. The molecule has 0 unspecified atom stereocenters. The van der Waals surface area contributed by atoms with Crippen LogP contribution in [-0.2, 0) is 6.54 Å². The molecule has 5 nitrogen and oxygen atoms in total. The van der Waals surface area contributed by atoms with Crippen molar-refractivity contribution in [2.24, 2.45) is 5.73 Å².